The summed E-state index contributed by atoms with van der Waals surface area (Å²) >= 11 is 0. The molecule has 1 amide bonds. The molecular weight excluding hydrogens is 252 g/mol. The van der Waals surface area contributed by atoms with Crippen molar-refractivity contribution in [1.29, 1.82) is 0 Å². The number of likely N-dealkylation sites (tertiary alicyclic amines) is 1. The lowest BCUT2D eigenvalue weighted by Crippen LogP contribution is -2.50. The van der Waals surface area contributed by atoms with Crippen LogP contribution < -0.4 is 5.73 Å². The molecule has 0 aromatic carbocycles. The molecule has 1 aliphatic heterocycles. The van der Waals surface area contributed by atoms with E-state index in [9.17, 15) is 4.79 Å². The minimum atomic E-state index is 0.140. The van der Waals surface area contributed by atoms with Gasteiger partial charge in [-0.2, -0.15) is 5.10 Å². The number of carbonyl (C=O) groups is 1. The summed E-state index contributed by atoms with van der Waals surface area (Å²) in [6, 6.07) is 2.19. The first-order valence-electron chi connectivity index (χ1n) is 7.55. The zero-order valence-electron chi connectivity index (χ0n) is 12.8. The van der Waals surface area contributed by atoms with Crippen LogP contribution in [0.4, 0.5) is 0 Å². The summed E-state index contributed by atoms with van der Waals surface area (Å²) < 4.78 is 1.79. The Morgan fingerprint density at radius 1 is 1.50 bits per heavy atom. The van der Waals surface area contributed by atoms with Crippen molar-refractivity contribution in [2.75, 3.05) is 13.1 Å². The molecule has 5 nitrogen and oxygen atoms in total. The van der Waals surface area contributed by atoms with Crippen LogP contribution in [0.15, 0.2) is 6.07 Å². The fourth-order valence-corrected chi connectivity index (χ4v) is 3.11. The predicted octanol–water partition coefficient (Wildman–Crippen LogP) is 1.48. The van der Waals surface area contributed by atoms with E-state index in [1.54, 1.807) is 4.68 Å². The molecule has 2 N–H and O–H groups in total. The first kappa shape index (κ1) is 15.0. The number of aromatic nitrogens is 2. The zero-order valence-corrected chi connectivity index (χ0v) is 12.8. The summed E-state index contributed by atoms with van der Waals surface area (Å²) in [5, 5.41) is 4.36. The predicted molar refractivity (Wildman–Crippen MR) is 79.3 cm³/mol. The van der Waals surface area contributed by atoms with Gasteiger partial charge in [0.2, 0.25) is 5.91 Å². The highest BCUT2D eigenvalue weighted by Gasteiger charge is 2.30. The van der Waals surface area contributed by atoms with Crippen molar-refractivity contribution < 1.29 is 4.79 Å². The van der Waals surface area contributed by atoms with E-state index in [0.29, 0.717) is 19.0 Å². The number of aryl methyl sites for hydroxylation is 2. The van der Waals surface area contributed by atoms with Crippen LogP contribution in [0.2, 0.25) is 0 Å². The van der Waals surface area contributed by atoms with Crippen molar-refractivity contribution >= 4 is 5.91 Å². The van der Waals surface area contributed by atoms with Crippen molar-refractivity contribution in [2.45, 2.75) is 52.6 Å². The third-order valence-corrected chi connectivity index (χ3v) is 4.38. The Morgan fingerprint density at radius 2 is 2.25 bits per heavy atom. The summed E-state index contributed by atoms with van der Waals surface area (Å²) in [5.41, 5.74) is 7.84. The molecule has 2 atom stereocenters. The largest absolute Gasteiger partial charge is 0.337 e. The van der Waals surface area contributed by atoms with E-state index >= 15 is 0 Å². The van der Waals surface area contributed by atoms with E-state index in [2.05, 4.69) is 12.0 Å². The molecule has 0 bridgehead atoms. The summed E-state index contributed by atoms with van der Waals surface area (Å²) in [6.07, 6.45) is 3.31. The number of hydrogen-bond donors (Lipinski definition) is 1. The SMILES string of the molecule is CCC1CCN(C(=O)Cn2nc(C)cc2C)C(CN)C1. The quantitative estimate of drug-likeness (QED) is 0.907. The minimum absolute atomic E-state index is 0.140. The van der Waals surface area contributed by atoms with Crippen molar-refractivity contribution in [1.82, 2.24) is 14.7 Å². The first-order valence-corrected chi connectivity index (χ1v) is 7.55. The van der Waals surface area contributed by atoms with E-state index in [0.717, 1.165) is 30.8 Å². The van der Waals surface area contributed by atoms with Crippen LogP contribution in [0, 0.1) is 19.8 Å². The van der Waals surface area contributed by atoms with Gasteiger partial charge in [-0.3, -0.25) is 9.48 Å². The highest BCUT2D eigenvalue weighted by atomic mass is 16.2. The van der Waals surface area contributed by atoms with Gasteiger partial charge < -0.3 is 10.6 Å². The zero-order chi connectivity index (χ0) is 14.7. The second-order valence-electron chi connectivity index (χ2n) is 5.86. The van der Waals surface area contributed by atoms with E-state index in [1.165, 1.54) is 6.42 Å². The molecular formula is C15H26N4O. The molecule has 5 heteroatoms. The monoisotopic (exact) mass is 278 g/mol. The molecule has 0 radical (unpaired) electrons. The number of rotatable bonds is 4. The number of hydrogen-bond acceptors (Lipinski definition) is 3. The van der Waals surface area contributed by atoms with Crippen LogP contribution in [0.1, 0.15) is 37.6 Å². The molecule has 1 saturated heterocycles. The third kappa shape index (κ3) is 3.20. The number of amides is 1. The Balaban J connectivity index is 2.03. The van der Waals surface area contributed by atoms with E-state index < -0.39 is 0 Å². The smallest absolute Gasteiger partial charge is 0.244 e. The summed E-state index contributed by atoms with van der Waals surface area (Å²) in [7, 11) is 0. The maximum absolute atomic E-state index is 12.5. The van der Waals surface area contributed by atoms with Gasteiger partial charge in [-0.05, 0) is 38.7 Å². The van der Waals surface area contributed by atoms with Gasteiger partial charge in [-0.15, -0.1) is 0 Å². The van der Waals surface area contributed by atoms with Crippen molar-refractivity contribution in [3.05, 3.63) is 17.5 Å². The van der Waals surface area contributed by atoms with Crippen LogP contribution in [0.5, 0.6) is 0 Å². The second kappa shape index (κ2) is 6.39. The van der Waals surface area contributed by atoms with Gasteiger partial charge in [-0.25, -0.2) is 0 Å². The molecule has 0 spiro atoms. The lowest BCUT2D eigenvalue weighted by atomic mass is 9.89. The highest BCUT2D eigenvalue weighted by Crippen LogP contribution is 2.25. The molecule has 1 aromatic heterocycles. The highest BCUT2D eigenvalue weighted by molar-refractivity contribution is 5.76. The normalized spacial score (nSPS) is 23.1. The molecule has 1 aliphatic rings. The van der Waals surface area contributed by atoms with Crippen molar-refractivity contribution in [2.24, 2.45) is 11.7 Å². The molecule has 20 heavy (non-hydrogen) atoms. The second-order valence-corrected chi connectivity index (χ2v) is 5.86. The average molecular weight is 278 g/mol. The molecule has 0 saturated carbocycles. The lowest BCUT2D eigenvalue weighted by Gasteiger charge is -2.39. The average Bonchev–Trinajstić information content (AvgIpc) is 2.75. The Bertz CT molecular complexity index is 468. The Morgan fingerprint density at radius 3 is 2.80 bits per heavy atom. The third-order valence-electron chi connectivity index (χ3n) is 4.38. The van der Waals surface area contributed by atoms with Gasteiger partial charge in [-0.1, -0.05) is 13.3 Å². The Labute approximate surface area is 121 Å². The van der Waals surface area contributed by atoms with E-state index in [-0.39, 0.29) is 11.9 Å². The van der Waals surface area contributed by atoms with Crippen LogP contribution in [0.3, 0.4) is 0 Å². The lowest BCUT2D eigenvalue weighted by molar-refractivity contribution is -0.136. The number of nitrogens with two attached hydrogens (primary N) is 1. The fraction of sp³-hybridized carbons (Fsp3) is 0.733. The number of nitrogens with zero attached hydrogens (tertiary/aromatic N) is 3. The standard InChI is InChI=1S/C15H26N4O/c1-4-13-5-6-18(14(8-13)9-16)15(20)10-19-12(3)7-11(2)17-19/h7,13-14H,4-6,8-10,16H2,1-3H3. The summed E-state index contributed by atoms with van der Waals surface area (Å²) in [6.45, 7) is 7.86. The van der Waals surface area contributed by atoms with Gasteiger partial charge >= 0.3 is 0 Å². The molecule has 2 unspecified atom stereocenters. The van der Waals surface area contributed by atoms with Crippen LogP contribution >= 0.6 is 0 Å². The van der Waals surface area contributed by atoms with Crippen LogP contribution in [-0.4, -0.2) is 39.7 Å². The van der Waals surface area contributed by atoms with Gasteiger partial charge in [0.05, 0.1) is 5.69 Å². The number of piperidine rings is 1. The maximum Gasteiger partial charge on any atom is 0.244 e. The summed E-state index contributed by atoms with van der Waals surface area (Å²) in [4.78, 5) is 14.5. The minimum Gasteiger partial charge on any atom is -0.337 e. The van der Waals surface area contributed by atoms with Crippen LogP contribution in [-0.2, 0) is 11.3 Å². The van der Waals surface area contributed by atoms with Crippen molar-refractivity contribution in [3.8, 4) is 0 Å². The van der Waals surface area contributed by atoms with Gasteiger partial charge in [0, 0.05) is 24.8 Å². The molecule has 112 valence electrons. The Hall–Kier alpha value is -1.36. The molecule has 0 aliphatic carbocycles. The fourth-order valence-electron chi connectivity index (χ4n) is 3.11. The molecule has 2 heterocycles. The molecule has 1 aromatic rings. The maximum atomic E-state index is 12.5. The van der Waals surface area contributed by atoms with Crippen LogP contribution in [0.25, 0.3) is 0 Å². The van der Waals surface area contributed by atoms with Gasteiger partial charge in [0.15, 0.2) is 0 Å². The van der Waals surface area contributed by atoms with E-state index in [1.807, 2.05) is 24.8 Å². The first-order chi connectivity index (χ1) is 9.55. The Kier molecular flexibility index (Phi) is 4.81. The van der Waals surface area contributed by atoms with Crippen molar-refractivity contribution in [3.63, 3.8) is 0 Å². The van der Waals surface area contributed by atoms with E-state index in [4.69, 9.17) is 5.73 Å². The number of carbonyl (C=O) groups excluding carboxylic acids is 1. The van der Waals surface area contributed by atoms with Gasteiger partial charge in [0.25, 0.3) is 0 Å². The molecule has 2 rings (SSSR count). The summed E-state index contributed by atoms with van der Waals surface area (Å²) in [5.74, 6) is 0.850. The topological polar surface area (TPSA) is 64.2 Å². The molecule has 1 fully saturated rings. The van der Waals surface area contributed by atoms with Gasteiger partial charge in [0.1, 0.15) is 6.54 Å².